The summed E-state index contributed by atoms with van der Waals surface area (Å²) in [7, 11) is 1.50. The van der Waals surface area contributed by atoms with Gasteiger partial charge in [0.1, 0.15) is 21.6 Å². The largest absolute Gasteiger partial charge is 0.443 e. The van der Waals surface area contributed by atoms with Gasteiger partial charge in [-0.1, -0.05) is 0 Å². The lowest BCUT2D eigenvalue weighted by atomic mass is 10.2. The second-order valence-electron chi connectivity index (χ2n) is 6.76. The molecule has 1 aromatic heterocycles. The second-order valence-corrected chi connectivity index (χ2v) is 7.57. The van der Waals surface area contributed by atoms with Gasteiger partial charge in [0.15, 0.2) is 0 Å². The average molecular weight is 376 g/mol. The molecule has 0 saturated heterocycles. The van der Waals surface area contributed by atoms with E-state index in [0.717, 1.165) is 4.68 Å². The predicted octanol–water partition coefficient (Wildman–Crippen LogP) is 3.80. The van der Waals surface area contributed by atoms with E-state index in [4.69, 9.17) is 9.47 Å². The number of hydrogen-bond acceptors (Lipinski definition) is 5. The average Bonchev–Trinajstić information content (AvgIpc) is 2.65. The van der Waals surface area contributed by atoms with Crippen LogP contribution in [0.15, 0.2) is 10.7 Å². The first-order chi connectivity index (χ1) is 9.80. The molecule has 1 aromatic rings. The van der Waals surface area contributed by atoms with E-state index < -0.39 is 23.4 Å². The summed E-state index contributed by atoms with van der Waals surface area (Å²) in [5.41, 5.74) is -1.31. The van der Waals surface area contributed by atoms with Gasteiger partial charge in [0, 0.05) is 13.1 Å². The molecule has 124 valence electrons. The summed E-state index contributed by atoms with van der Waals surface area (Å²) in [5.74, 6) is 0.246. The monoisotopic (exact) mass is 375 g/mol. The Hall–Kier alpha value is -1.57. The Morgan fingerprint density at radius 2 is 1.64 bits per heavy atom. The highest BCUT2D eigenvalue weighted by molar-refractivity contribution is 9.10. The molecule has 0 saturated carbocycles. The van der Waals surface area contributed by atoms with E-state index in [-0.39, 0.29) is 5.82 Å². The SMILES string of the molecule is CN(C(=O)OC(C)(C)C)c1cc(Br)nn1C(=O)OC(C)(C)C. The minimum Gasteiger partial charge on any atom is -0.443 e. The molecular formula is C14H22BrN3O4. The van der Waals surface area contributed by atoms with Gasteiger partial charge in [0.2, 0.25) is 0 Å². The van der Waals surface area contributed by atoms with Gasteiger partial charge >= 0.3 is 12.2 Å². The molecule has 0 aliphatic heterocycles. The van der Waals surface area contributed by atoms with Crippen LogP contribution in [0.3, 0.4) is 0 Å². The first kappa shape index (κ1) is 18.5. The van der Waals surface area contributed by atoms with Crippen LogP contribution in [0, 0.1) is 0 Å². The molecule has 7 nitrogen and oxygen atoms in total. The molecule has 8 heteroatoms. The summed E-state index contributed by atoms with van der Waals surface area (Å²) >= 11 is 3.19. The Kier molecular flexibility index (Phi) is 5.27. The predicted molar refractivity (Wildman–Crippen MR) is 86.2 cm³/mol. The summed E-state index contributed by atoms with van der Waals surface area (Å²) in [6.45, 7) is 10.5. The maximum absolute atomic E-state index is 12.2. The van der Waals surface area contributed by atoms with E-state index in [1.165, 1.54) is 18.0 Å². The molecule has 1 heterocycles. The molecule has 0 N–H and O–H groups in total. The third-order valence-electron chi connectivity index (χ3n) is 2.24. The number of ether oxygens (including phenoxy) is 2. The molecule has 1 rings (SSSR count). The lowest BCUT2D eigenvalue weighted by Gasteiger charge is -2.25. The Labute approximate surface area is 138 Å². The Morgan fingerprint density at radius 1 is 1.14 bits per heavy atom. The van der Waals surface area contributed by atoms with Gasteiger partial charge in [-0.25, -0.2) is 9.59 Å². The first-order valence-electron chi connectivity index (χ1n) is 6.76. The summed E-state index contributed by atoms with van der Waals surface area (Å²) in [6, 6.07) is 1.54. The molecule has 1 amide bonds. The zero-order valence-electron chi connectivity index (χ0n) is 13.9. The van der Waals surface area contributed by atoms with Crippen LogP contribution >= 0.6 is 15.9 Å². The van der Waals surface area contributed by atoms with E-state index in [2.05, 4.69) is 21.0 Å². The highest BCUT2D eigenvalue weighted by Gasteiger charge is 2.27. The van der Waals surface area contributed by atoms with Crippen molar-refractivity contribution >= 4 is 33.9 Å². The molecule has 0 aliphatic rings. The molecule has 0 radical (unpaired) electrons. The van der Waals surface area contributed by atoms with Crippen molar-refractivity contribution < 1.29 is 19.1 Å². The lowest BCUT2D eigenvalue weighted by Crippen LogP contribution is -2.37. The molecule has 0 atom stereocenters. The van der Waals surface area contributed by atoms with Crippen LogP contribution in [-0.4, -0.2) is 40.2 Å². The summed E-state index contributed by atoms with van der Waals surface area (Å²) in [4.78, 5) is 25.5. The maximum atomic E-state index is 12.2. The Bertz CT molecular complexity index is 570. The molecule has 0 bridgehead atoms. The van der Waals surface area contributed by atoms with E-state index in [1.54, 1.807) is 41.5 Å². The number of carbonyl (C=O) groups excluding carboxylic acids is 2. The number of halogens is 1. The molecule has 0 spiro atoms. The lowest BCUT2D eigenvalue weighted by molar-refractivity contribution is 0.0513. The second kappa shape index (κ2) is 6.28. The van der Waals surface area contributed by atoms with Gasteiger partial charge in [-0.3, -0.25) is 4.90 Å². The summed E-state index contributed by atoms with van der Waals surface area (Å²) < 4.78 is 12.0. The molecule has 22 heavy (non-hydrogen) atoms. The third-order valence-corrected chi connectivity index (χ3v) is 2.63. The van der Waals surface area contributed by atoms with E-state index in [0.29, 0.717) is 4.60 Å². The topological polar surface area (TPSA) is 73.7 Å². The molecule has 0 unspecified atom stereocenters. The van der Waals surface area contributed by atoms with Crippen LogP contribution in [0.4, 0.5) is 15.4 Å². The van der Waals surface area contributed by atoms with Gasteiger partial charge in [-0.2, -0.15) is 5.10 Å². The van der Waals surface area contributed by atoms with Crippen molar-refractivity contribution in [3.8, 4) is 0 Å². The van der Waals surface area contributed by atoms with Gasteiger partial charge in [0.05, 0.1) is 0 Å². The smallest absolute Gasteiger partial charge is 0.437 e. The van der Waals surface area contributed by atoms with Crippen LogP contribution in [0.1, 0.15) is 41.5 Å². The van der Waals surface area contributed by atoms with E-state index in [9.17, 15) is 9.59 Å². The number of hydrogen-bond donors (Lipinski definition) is 0. The Morgan fingerprint density at radius 3 is 2.09 bits per heavy atom. The van der Waals surface area contributed by atoms with E-state index in [1.807, 2.05) is 0 Å². The standard InChI is InChI=1S/C14H22BrN3O4/c1-13(2,3)21-11(19)17(7)10-8-9(15)16-18(10)12(20)22-14(4,5)6/h8H,1-7H3. The zero-order chi connectivity index (χ0) is 17.3. The quantitative estimate of drug-likeness (QED) is 0.745. The van der Waals surface area contributed by atoms with Crippen molar-refractivity contribution in [3.63, 3.8) is 0 Å². The number of nitrogens with zero attached hydrogens (tertiary/aromatic N) is 3. The van der Waals surface area contributed by atoms with Crippen molar-refractivity contribution in [2.45, 2.75) is 52.7 Å². The van der Waals surface area contributed by atoms with Gasteiger partial charge in [-0.15, -0.1) is 4.68 Å². The van der Waals surface area contributed by atoms with Gasteiger partial charge in [-0.05, 0) is 57.5 Å². The maximum Gasteiger partial charge on any atom is 0.437 e. The van der Waals surface area contributed by atoms with Crippen molar-refractivity contribution in [2.75, 3.05) is 11.9 Å². The zero-order valence-corrected chi connectivity index (χ0v) is 15.5. The van der Waals surface area contributed by atoms with Crippen LogP contribution in [0.2, 0.25) is 0 Å². The summed E-state index contributed by atoms with van der Waals surface area (Å²) in [6.07, 6.45) is -1.27. The van der Waals surface area contributed by atoms with Crippen LogP contribution in [0.5, 0.6) is 0 Å². The normalized spacial score (nSPS) is 12.0. The van der Waals surface area contributed by atoms with Crippen molar-refractivity contribution in [2.24, 2.45) is 0 Å². The molecule has 0 aliphatic carbocycles. The number of amides is 1. The third kappa shape index (κ3) is 5.32. The number of rotatable bonds is 1. The van der Waals surface area contributed by atoms with Crippen LogP contribution in [0.25, 0.3) is 0 Å². The minimum absolute atomic E-state index is 0.246. The molecular weight excluding hydrogens is 354 g/mol. The fraction of sp³-hybridized carbons (Fsp3) is 0.643. The fourth-order valence-electron chi connectivity index (χ4n) is 1.45. The number of anilines is 1. The van der Waals surface area contributed by atoms with Crippen LogP contribution < -0.4 is 4.90 Å². The van der Waals surface area contributed by atoms with Crippen LogP contribution in [-0.2, 0) is 9.47 Å². The first-order valence-corrected chi connectivity index (χ1v) is 7.55. The number of aromatic nitrogens is 2. The highest BCUT2D eigenvalue weighted by atomic mass is 79.9. The number of carbonyl (C=O) groups is 2. The fourth-order valence-corrected chi connectivity index (χ4v) is 1.81. The van der Waals surface area contributed by atoms with E-state index >= 15 is 0 Å². The highest BCUT2D eigenvalue weighted by Crippen LogP contribution is 2.22. The minimum atomic E-state index is -0.677. The molecule has 0 aromatic carbocycles. The summed E-state index contributed by atoms with van der Waals surface area (Å²) in [5, 5.41) is 4.00. The van der Waals surface area contributed by atoms with Crippen molar-refractivity contribution in [3.05, 3.63) is 10.7 Å². The van der Waals surface area contributed by atoms with Gasteiger partial charge < -0.3 is 9.47 Å². The van der Waals surface area contributed by atoms with Gasteiger partial charge in [0.25, 0.3) is 0 Å². The van der Waals surface area contributed by atoms with Crippen molar-refractivity contribution in [1.29, 1.82) is 0 Å². The molecule has 0 fully saturated rings. The Balaban J connectivity index is 3.05. The van der Waals surface area contributed by atoms with Crippen molar-refractivity contribution in [1.82, 2.24) is 9.78 Å².